The third kappa shape index (κ3) is 5.29. The Bertz CT molecular complexity index is 1500. The summed E-state index contributed by atoms with van der Waals surface area (Å²) in [5.41, 5.74) is 8.00. The predicted octanol–water partition coefficient (Wildman–Crippen LogP) is 3.04. The quantitative estimate of drug-likeness (QED) is 0.310. The minimum absolute atomic E-state index is 0.0855. The van der Waals surface area contributed by atoms with Gasteiger partial charge in [0.15, 0.2) is 5.69 Å². The van der Waals surface area contributed by atoms with Crippen LogP contribution in [-0.2, 0) is 4.79 Å². The summed E-state index contributed by atoms with van der Waals surface area (Å²) in [5, 5.41) is 12.9. The summed E-state index contributed by atoms with van der Waals surface area (Å²) >= 11 is 6.37. The molecule has 5 rings (SSSR count). The Morgan fingerprint density at radius 3 is 2.57 bits per heavy atom. The highest BCUT2D eigenvalue weighted by Crippen LogP contribution is 2.26. The molecule has 2 aromatic carbocycles. The van der Waals surface area contributed by atoms with E-state index in [2.05, 4.69) is 26.0 Å². The van der Waals surface area contributed by atoms with Crippen molar-refractivity contribution in [2.45, 2.75) is 12.5 Å². The second-order valence-electron chi connectivity index (χ2n) is 8.44. The molecular weight excluding hydrogens is 494 g/mol. The first kappa shape index (κ1) is 24.0. The van der Waals surface area contributed by atoms with Crippen LogP contribution in [0.4, 0.5) is 11.6 Å². The molecule has 4 aromatic rings. The van der Waals surface area contributed by atoms with Gasteiger partial charge in [0.25, 0.3) is 11.8 Å². The van der Waals surface area contributed by atoms with E-state index in [1.807, 2.05) is 18.2 Å². The van der Waals surface area contributed by atoms with Crippen LogP contribution in [0.5, 0.6) is 0 Å². The molecule has 186 valence electrons. The number of para-hydroxylation sites is 1. The second-order valence-corrected chi connectivity index (χ2v) is 8.84. The highest BCUT2D eigenvalue weighted by Gasteiger charge is 2.25. The molecule has 2 aromatic heterocycles. The molecule has 3 amide bonds. The van der Waals surface area contributed by atoms with Crippen LogP contribution in [0.15, 0.2) is 72.8 Å². The monoisotopic (exact) mass is 515 g/mol. The van der Waals surface area contributed by atoms with Crippen molar-refractivity contribution in [3.8, 4) is 16.9 Å². The molecule has 0 bridgehead atoms. The summed E-state index contributed by atoms with van der Waals surface area (Å²) in [4.78, 5) is 42.0. The molecule has 5 N–H and O–H groups in total. The number of carbonyl (C=O) groups is 3. The topological polar surface area (TPSA) is 144 Å². The minimum atomic E-state index is -0.495. The first-order valence-corrected chi connectivity index (χ1v) is 11.8. The standard InChI is InChI=1S/C26H22ClN7O3/c27-19-10-9-15(20-7-4-8-22(28)31-20)11-18(19)25(36)32-23-13-21(26(37)30-16-12-24(35)29-14-16)33-34(23)17-5-2-1-3-6-17/h1-11,13,16H,12,14H2,(H2,28,31)(H,29,35)(H,30,37)(H,32,36). The lowest BCUT2D eigenvalue weighted by molar-refractivity contribution is -0.119. The first-order chi connectivity index (χ1) is 17.9. The summed E-state index contributed by atoms with van der Waals surface area (Å²) in [6.07, 6.45) is 0.200. The van der Waals surface area contributed by atoms with Crippen LogP contribution in [0.25, 0.3) is 16.9 Å². The van der Waals surface area contributed by atoms with Gasteiger partial charge in [-0.25, -0.2) is 9.67 Å². The Labute approximate surface area is 216 Å². The van der Waals surface area contributed by atoms with Crippen molar-refractivity contribution in [3.05, 3.63) is 89.1 Å². The van der Waals surface area contributed by atoms with Crippen molar-refractivity contribution >= 4 is 41.0 Å². The largest absolute Gasteiger partial charge is 0.384 e. The van der Waals surface area contributed by atoms with Crippen molar-refractivity contribution in [2.75, 3.05) is 17.6 Å². The van der Waals surface area contributed by atoms with Gasteiger partial charge in [-0.1, -0.05) is 41.9 Å². The number of amides is 3. The zero-order valence-corrected chi connectivity index (χ0v) is 20.2. The van der Waals surface area contributed by atoms with Gasteiger partial charge in [0.2, 0.25) is 5.91 Å². The molecule has 0 radical (unpaired) electrons. The SMILES string of the molecule is Nc1cccc(-c2ccc(Cl)c(C(=O)Nc3cc(C(=O)NC4CNC(=O)C4)nn3-c3ccccc3)c2)n1. The third-order valence-corrected chi connectivity index (χ3v) is 6.10. The lowest BCUT2D eigenvalue weighted by Gasteiger charge is -2.11. The summed E-state index contributed by atoms with van der Waals surface area (Å²) in [6, 6.07) is 20.4. The summed E-state index contributed by atoms with van der Waals surface area (Å²) in [6.45, 7) is 0.352. The number of hydrogen-bond donors (Lipinski definition) is 4. The number of hydrogen-bond acceptors (Lipinski definition) is 6. The maximum atomic E-state index is 13.3. The molecule has 1 saturated heterocycles. The van der Waals surface area contributed by atoms with Crippen molar-refractivity contribution in [2.24, 2.45) is 0 Å². The first-order valence-electron chi connectivity index (χ1n) is 11.4. The van der Waals surface area contributed by atoms with Gasteiger partial charge in [-0.2, -0.15) is 5.10 Å². The zero-order valence-electron chi connectivity index (χ0n) is 19.4. The number of halogens is 1. The number of anilines is 2. The highest BCUT2D eigenvalue weighted by atomic mass is 35.5. The van der Waals surface area contributed by atoms with Gasteiger partial charge in [-0.05, 0) is 36.4 Å². The normalized spacial score (nSPS) is 14.7. The molecular formula is C26H22ClN7O3. The smallest absolute Gasteiger partial charge is 0.272 e. The molecule has 11 heteroatoms. The van der Waals surface area contributed by atoms with Crippen LogP contribution in [0.2, 0.25) is 5.02 Å². The van der Waals surface area contributed by atoms with Gasteiger partial charge in [0.05, 0.1) is 28.0 Å². The van der Waals surface area contributed by atoms with Crippen LogP contribution >= 0.6 is 11.6 Å². The van der Waals surface area contributed by atoms with Crippen molar-refractivity contribution in [3.63, 3.8) is 0 Å². The van der Waals surface area contributed by atoms with Gasteiger partial charge in [-0.3, -0.25) is 14.4 Å². The van der Waals surface area contributed by atoms with Crippen LogP contribution in [0.1, 0.15) is 27.3 Å². The van der Waals surface area contributed by atoms with E-state index in [-0.39, 0.29) is 40.5 Å². The van der Waals surface area contributed by atoms with Crippen molar-refractivity contribution in [1.82, 2.24) is 25.4 Å². The molecule has 1 aliphatic heterocycles. The summed E-state index contributed by atoms with van der Waals surface area (Å²) in [5.74, 6) is -0.454. The Hall–Kier alpha value is -4.70. The van der Waals surface area contributed by atoms with Crippen LogP contribution in [0, 0.1) is 0 Å². The third-order valence-electron chi connectivity index (χ3n) is 5.77. The van der Waals surface area contributed by atoms with Gasteiger partial charge in [0.1, 0.15) is 11.6 Å². The average molecular weight is 516 g/mol. The minimum Gasteiger partial charge on any atom is -0.384 e. The Balaban J connectivity index is 1.45. The molecule has 37 heavy (non-hydrogen) atoms. The summed E-state index contributed by atoms with van der Waals surface area (Å²) in [7, 11) is 0. The molecule has 1 fully saturated rings. The summed E-state index contributed by atoms with van der Waals surface area (Å²) < 4.78 is 1.46. The number of nitrogens with zero attached hydrogens (tertiary/aromatic N) is 3. The van der Waals surface area contributed by atoms with E-state index < -0.39 is 11.8 Å². The molecule has 0 saturated carbocycles. The van der Waals surface area contributed by atoms with E-state index in [1.54, 1.807) is 48.5 Å². The average Bonchev–Trinajstić information content (AvgIpc) is 3.50. The molecule has 0 spiro atoms. The Kier molecular flexibility index (Phi) is 6.57. The molecule has 3 heterocycles. The maximum Gasteiger partial charge on any atom is 0.272 e. The van der Waals surface area contributed by atoms with E-state index >= 15 is 0 Å². The van der Waals surface area contributed by atoms with E-state index in [1.165, 1.54) is 10.7 Å². The maximum absolute atomic E-state index is 13.3. The molecule has 1 unspecified atom stereocenters. The number of benzene rings is 2. The van der Waals surface area contributed by atoms with Gasteiger partial charge in [0, 0.05) is 24.6 Å². The Morgan fingerprint density at radius 2 is 1.84 bits per heavy atom. The van der Waals surface area contributed by atoms with E-state index in [0.29, 0.717) is 29.3 Å². The second kappa shape index (κ2) is 10.1. The van der Waals surface area contributed by atoms with Gasteiger partial charge >= 0.3 is 0 Å². The highest BCUT2D eigenvalue weighted by molar-refractivity contribution is 6.34. The van der Waals surface area contributed by atoms with Crippen LogP contribution in [-0.4, -0.2) is 45.1 Å². The number of pyridine rings is 1. The molecule has 10 nitrogen and oxygen atoms in total. The molecule has 1 atom stereocenters. The number of nitrogen functional groups attached to an aromatic ring is 1. The fraction of sp³-hybridized carbons (Fsp3) is 0.115. The number of nitrogens with two attached hydrogens (primary N) is 1. The van der Waals surface area contributed by atoms with Crippen molar-refractivity contribution in [1.29, 1.82) is 0 Å². The zero-order chi connectivity index (χ0) is 25.9. The van der Waals surface area contributed by atoms with E-state index in [0.717, 1.165) is 0 Å². The lowest BCUT2D eigenvalue weighted by Crippen LogP contribution is -2.36. The number of nitrogens with one attached hydrogen (secondary N) is 3. The van der Waals surface area contributed by atoms with E-state index in [4.69, 9.17) is 17.3 Å². The van der Waals surface area contributed by atoms with Crippen LogP contribution in [0.3, 0.4) is 0 Å². The number of rotatable bonds is 6. The van der Waals surface area contributed by atoms with E-state index in [9.17, 15) is 14.4 Å². The molecule has 1 aliphatic rings. The van der Waals surface area contributed by atoms with Gasteiger partial charge in [-0.15, -0.1) is 0 Å². The molecule has 0 aliphatic carbocycles. The van der Waals surface area contributed by atoms with Crippen LogP contribution < -0.4 is 21.7 Å². The predicted molar refractivity (Wildman–Crippen MR) is 139 cm³/mol. The van der Waals surface area contributed by atoms with Crippen molar-refractivity contribution < 1.29 is 14.4 Å². The fourth-order valence-electron chi connectivity index (χ4n) is 3.97. The Morgan fingerprint density at radius 1 is 1.03 bits per heavy atom. The number of aromatic nitrogens is 3. The lowest BCUT2D eigenvalue weighted by atomic mass is 10.1. The fourth-order valence-corrected chi connectivity index (χ4v) is 4.17. The number of carbonyl (C=O) groups excluding carboxylic acids is 3. The van der Waals surface area contributed by atoms with Gasteiger partial charge < -0.3 is 21.7 Å².